The number of ether oxygens (including phenoxy) is 1. The summed E-state index contributed by atoms with van der Waals surface area (Å²) in [5, 5.41) is 3.11. The second-order valence-corrected chi connectivity index (χ2v) is 4.03. The van der Waals surface area contributed by atoms with Crippen LogP contribution >= 0.6 is 15.9 Å². The van der Waals surface area contributed by atoms with E-state index < -0.39 is 0 Å². The topological polar surface area (TPSA) is 21.3 Å². The highest BCUT2D eigenvalue weighted by Gasteiger charge is 1.94. The minimum Gasteiger partial charge on any atom is -0.494 e. The van der Waals surface area contributed by atoms with Gasteiger partial charge in [-0.3, -0.25) is 0 Å². The lowest BCUT2D eigenvalue weighted by Crippen LogP contribution is -2.09. The van der Waals surface area contributed by atoms with E-state index in [1.165, 1.54) is 0 Å². The van der Waals surface area contributed by atoms with Crippen LogP contribution in [0.4, 0.5) is 0 Å². The molecular weight excluding hydrogens is 242 g/mol. The van der Waals surface area contributed by atoms with Crippen LogP contribution in [0.5, 0.6) is 5.75 Å². The zero-order chi connectivity index (χ0) is 10.2. The molecule has 1 aromatic carbocycles. The Bertz CT molecular complexity index is 265. The Morgan fingerprint density at radius 1 is 1.36 bits per heavy atom. The zero-order valence-electron chi connectivity index (χ0n) is 8.42. The molecule has 1 N–H and O–H groups in total. The Balaban J connectivity index is 2.18. The molecule has 0 radical (unpaired) electrons. The van der Waals surface area contributed by atoms with E-state index in [1.54, 1.807) is 0 Å². The van der Waals surface area contributed by atoms with Crippen LogP contribution in [0.2, 0.25) is 0 Å². The molecule has 0 aromatic heterocycles. The average Bonchev–Trinajstić information content (AvgIpc) is 2.18. The maximum Gasteiger partial charge on any atom is 0.120 e. The van der Waals surface area contributed by atoms with Crippen molar-refractivity contribution in [1.82, 2.24) is 5.32 Å². The Morgan fingerprint density at radius 2 is 2.21 bits per heavy atom. The highest BCUT2D eigenvalue weighted by Crippen LogP contribution is 2.17. The molecule has 0 heterocycles. The van der Waals surface area contributed by atoms with E-state index in [0.29, 0.717) is 0 Å². The summed E-state index contributed by atoms with van der Waals surface area (Å²) in [4.78, 5) is 0. The van der Waals surface area contributed by atoms with Crippen LogP contribution in [0.3, 0.4) is 0 Å². The molecular formula is C11H16BrNO. The van der Waals surface area contributed by atoms with Crippen LogP contribution in [0.15, 0.2) is 28.7 Å². The molecule has 0 atom stereocenters. The molecule has 0 aliphatic carbocycles. The van der Waals surface area contributed by atoms with Gasteiger partial charge in [-0.15, -0.1) is 0 Å². The number of nitrogens with one attached hydrogen (secondary N) is 1. The smallest absolute Gasteiger partial charge is 0.120 e. The highest BCUT2D eigenvalue weighted by molar-refractivity contribution is 9.10. The van der Waals surface area contributed by atoms with Gasteiger partial charge >= 0.3 is 0 Å². The van der Waals surface area contributed by atoms with Crippen molar-refractivity contribution in [2.75, 3.05) is 20.2 Å². The molecule has 1 aromatic rings. The van der Waals surface area contributed by atoms with Crippen molar-refractivity contribution in [3.8, 4) is 5.75 Å². The molecule has 2 nitrogen and oxygen atoms in total. The third-order valence-corrected chi connectivity index (χ3v) is 2.38. The molecule has 0 bridgehead atoms. The van der Waals surface area contributed by atoms with Gasteiger partial charge in [0.15, 0.2) is 0 Å². The van der Waals surface area contributed by atoms with Gasteiger partial charge in [-0.1, -0.05) is 22.0 Å². The summed E-state index contributed by atoms with van der Waals surface area (Å²) in [6, 6.07) is 7.93. The van der Waals surface area contributed by atoms with Gasteiger partial charge in [0.2, 0.25) is 0 Å². The van der Waals surface area contributed by atoms with Crippen molar-refractivity contribution in [1.29, 1.82) is 0 Å². The van der Waals surface area contributed by atoms with Crippen LogP contribution in [-0.2, 0) is 0 Å². The molecule has 0 amide bonds. The van der Waals surface area contributed by atoms with Crippen molar-refractivity contribution in [3.05, 3.63) is 28.7 Å². The van der Waals surface area contributed by atoms with Crippen LogP contribution in [-0.4, -0.2) is 20.2 Å². The van der Waals surface area contributed by atoms with Crippen LogP contribution in [0, 0.1) is 0 Å². The largest absolute Gasteiger partial charge is 0.494 e. The number of benzene rings is 1. The second-order valence-electron chi connectivity index (χ2n) is 3.12. The molecule has 0 spiro atoms. The van der Waals surface area contributed by atoms with E-state index >= 15 is 0 Å². The Kier molecular flexibility index (Phi) is 5.64. The summed E-state index contributed by atoms with van der Waals surface area (Å²) in [6.45, 7) is 1.85. The molecule has 14 heavy (non-hydrogen) atoms. The number of halogens is 1. The first-order valence-electron chi connectivity index (χ1n) is 4.86. The molecule has 78 valence electrons. The molecule has 0 saturated carbocycles. The Morgan fingerprint density at radius 3 is 2.93 bits per heavy atom. The van der Waals surface area contributed by atoms with E-state index in [-0.39, 0.29) is 0 Å². The van der Waals surface area contributed by atoms with Gasteiger partial charge < -0.3 is 10.1 Å². The first-order chi connectivity index (χ1) is 6.83. The third-order valence-electron chi connectivity index (χ3n) is 1.89. The van der Waals surface area contributed by atoms with E-state index in [0.717, 1.165) is 36.2 Å². The standard InChI is InChI=1S/C11H16BrNO/c1-13-7-2-3-8-14-11-6-4-5-10(12)9-11/h4-6,9,13H,2-3,7-8H2,1H3. The fraction of sp³-hybridized carbons (Fsp3) is 0.455. The van der Waals surface area contributed by atoms with E-state index in [1.807, 2.05) is 31.3 Å². The quantitative estimate of drug-likeness (QED) is 0.792. The summed E-state index contributed by atoms with van der Waals surface area (Å²) in [7, 11) is 1.97. The summed E-state index contributed by atoms with van der Waals surface area (Å²) >= 11 is 3.41. The molecule has 0 aliphatic heterocycles. The third kappa shape index (κ3) is 4.63. The predicted octanol–water partition coefficient (Wildman–Crippen LogP) is 2.83. The monoisotopic (exact) mass is 257 g/mol. The molecule has 0 saturated heterocycles. The molecule has 0 fully saturated rings. The Labute approximate surface area is 93.8 Å². The van der Waals surface area contributed by atoms with E-state index in [4.69, 9.17) is 4.74 Å². The maximum absolute atomic E-state index is 5.58. The van der Waals surface area contributed by atoms with Crippen LogP contribution < -0.4 is 10.1 Å². The number of hydrogen-bond donors (Lipinski definition) is 1. The second kappa shape index (κ2) is 6.85. The van der Waals surface area contributed by atoms with Crippen molar-refractivity contribution in [2.24, 2.45) is 0 Å². The molecule has 0 aliphatic rings. The molecule has 3 heteroatoms. The van der Waals surface area contributed by atoms with Crippen molar-refractivity contribution >= 4 is 15.9 Å². The summed E-state index contributed by atoms with van der Waals surface area (Å²) in [5.41, 5.74) is 0. The van der Waals surface area contributed by atoms with Crippen molar-refractivity contribution < 1.29 is 4.74 Å². The minimum absolute atomic E-state index is 0.790. The molecule has 1 rings (SSSR count). The average molecular weight is 258 g/mol. The van der Waals surface area contributed by atoms with Gasteiger partial charge in [-0.2, -0.15) is 0 Å². The van der Waals surface area contributed by atoms with Crippen LogP contribution in [0.1, 0.15) is 12.8 Å². The van der Waals surface area contributed by atoms with Gasteiger partial charge in [0.1, 0.15) is 5.75 Å². The number of unbranched alkanes of at least 4 members (excludes halogenated alkanes) is 1. The van der Waals surface area contributed by atoms with Gasteiger partial charge in [0.25, 0.3) is 0 Å². The number of hydrogen-bond acceptors (Lipinski definition) is 2. The lowest BCUT2D eigenvalue weighted by Gasteiger charge is -2.05. The SMILES string of the molecule is CNCCCCOc1cccc(Br)c1. The lowest BCUT2D eigenvalue weighted by atomic mass is 10.3. The predicted molar refractivity (Wildman–Crippen MR) is 62.8 cm³/mol. The van der Waals surface area contributed by atoms with Gasteiger partial charge in [-0.05, 0) is 44.6 Å². The fourth-order valence-corrected chi connectivity index (χ4v) is 1.53. The van der Waals surface area contributed by atoms with Crippen LogP contribution in [0.25, 0.3) is 0 Å². The fourth-order valence-electron chi connectivity index (χ4n) is 1.15. The summed E-state index contributed by atoms with van der Waals surface area (Å²) in [6.07, 6.45) is 2.25. The zero-order valence-corrected chi connectivity index (χ0v) is 10.0. The Hall–Kier alpha value is -0.540. The normalized spacial score (nSPS) is 10.1. The number of rotatable bonds is 6. The molecule has 0 unspecified atom stereocenters. The first kappa shape index (κ1) is 11.5. The van der Waals surface area contributed by atoms with Gasteiger partial charge in [0.05, 0.1) is 6.61 Å². The van der Waals surface area contributed by atoms with Gasteiger partial charge in [0, 0.05) is 4.47 Å². The summed E-state index contributed by atoms with van der Waals surface area (Å²) < 4.78 is 6.64. The lowest BCUT2D eigenvalue weighted by molar-refractivity contribution is 0.306. The first-order valence-corrected chi connectivity index (χ1v) is 5.65. The highest BCUT2D eigenvalue weighted by atomic mass is 79.9. The van der Waals surface area contributed by atoms with E-state index in [9.17, 15) is 0 Å². The van der Waals surface area contributed by atoms with E-state index in [2.05, 4.69) is 21.2 Å². The summed E-state index contributed by atoms with van der Waals surface area (Å²) in [5.74, 6) is 0.934. The van der Waals surface area contributed by atoms with Gasteiger partial charge in [-0.25, -0.2) is 0 Å². The minimum atomic E-state index is 0.790. The van der Waals surface area contributed by atoms with Crippen molar-refractivity contribution in [2.45, 2.75) is 12.8 Å². The maximum atomic E-state index is 5.58. The van der Waals surface area contributed by atoms with Crippen molar-refractivity contribution in [3.63, 3.8) is 0 Å².